The molecule has 0 spiro atoms. The van der Waals surface area contributed by atoms with Gasteiger partial charge in [0, 0.05) is 44.2 Å². The average Bonchev–Trinajstić information content (AvgIpc) is 2.80. The Hall–Kier alpha value is -3.88. The Bertz CT molecular complexity index is 1070. The Balaban J connectivity index is 1.37. The maximum absolute atomic E-state index is 11.3. The van der Waals surface area contributed by atoms with Crippen LogP contribution in [-0.4, -0.2) is 47.2 Å². The molecule has 0 saturated carbocycles. The van der Waals surface area contributed by atoms with E-state index in [2.05, 4.69) is 30.5 Å². The fourth-order valence-electron chi connectivity index (χ4n) is 3.58. The Kier molecular flexibility index (Phi) is 6.64. The van der Waals surface area contributed by atoms with E-state index < -0.39 is 0 Å². The van der Waals surface area contributed by atoms with Crippen molar-refractivity contribution < 1.29 is 14.3 Å². The van der Waals surface area contributed by atoms with Gasteiger partial charge >= 0.3 is 0 Å². The molecule has 3 aromatic rings. The van der Waals surface area contributed by atoms with Crippen molar-refractivity contribution in [1.82, 2.24) is 15.0 Å². The molecule has 2 heterocycles. The van der Waals surface area contributed by atoms with Crippen LogP contribution in [0.25, 0.3) is 0 Å². The van der Waals surface area contributed by atoms with Crippen molar-refractivity contribution in [1.29, 1.82) is 0 Å². The monoisotopic (exact) mass is 434 g/mol. The van der Waals surface area contributed by atoms with Crippen molar-refractivity contribution in [2.24, 2.45) is 0 Å². The number of carbonyl (C=O) groups is 1. The Morgan fingerprint density at radius 3 is 2.53 bits per heavy atom. The number of carbonyl (C=O) groups excluding carboxylic acids is 1. The van der Waals surface area contributed by atoms with Gasteiger partial charge in [-0.15, -0.1) is 0 Å². The highest BCUT2D eigenvalue weighted by molar-refractivity contribution is 5.89. The molecule has 1 amide bonds. The van der Waals surface area contributed by atoms with E-state index in [4.69, 9.17) is 9.47 Å². The zero-order chi connectivity index (χ0) is 22.3. The lowest BCUT2D eigenvalue weighted by molar-refractivity contribution is -0.114. The lowest BCUT2D eigenvalue weighted by Gasteiger charge is -2.32. The van der Waals surface area contributed by atoms with Gasteiger partial charge in [-0.05, 0) is 30.3 Å². The summed E-state index contributed by atoms with van der Waals surface area (Å²) < 4.78 is 11.5. The first kappa shape index (κ1) is 21.4. The van der Waals surface area contributed by atoms with Crippen LogP contribution in [0.5, 0.6) is 11.5 Å². The Labute approximate surface area is 186 Å². The molecule has 9 nitrogen and oxygen atoms in total. The Morgan fingerprint density at radius 2 is 1.78 bits per heavy atom. The second-order valence-electron chi connectivity index (χ2n) is 7.45. The first-order chi connectivity index (χ1) is 15.6. The van der Waals surface area contributed by atoms with Gasteiger partial charge in [-0.3, -0.25) is 4.79 Å². The number of piperidine rings is 1. The molecule has 1 fully saturated rings. The third kappa shape index (κ3) is 5.42. The lowest BCUT2D eigenvalue weighted by Crippen LogP contribution is -2.39. The number of nitrogens with zero attached hydrogens (tertiary/aromatic N) is 4. The number of methoxy groups -OCH3 is 1. The summed E-state index contributed by atoms with van der Waals surface area (Å²) in [5, 5.41) is 5.93. The smallest absolute Gasteiger partial charge is 0.231 e. The van der Waals surface area contributed by atoms with Gasteiger partial charge in [-0.1, -0.05) is 18.2 Å². The van der Waals surface area contributed by atoms with Crippen LogP contribution in [0, 0.1) is 0 Å². The van der Waals surface area contributed by atoms with Crippen molar-refractivity contribution in [2.75, 3.05) is 35.7 Å². The van der Waals surface area contributed by atoms with Crippen LogP contribution in [0.2, 0.25) is 0 Å². The van der Waals surface area contributed by atoms with Crippen LogP contribution in [-0.2, 0) is 4.79 Å². The molecule has 1 aliphatic heterocycles. The molecule has 0 radical (unpaired) electrons. The zero-order valence-electron chi connectivity index (χ0n) is 18.1. The second kappa shape index (κ2) is 9.95. The molecule has 166 valence electrons. The summed E-state index contributed by atoms with van der Waals surface area (Å²) >= 11 is 0. The highest BCUT2D eigenvalue weighted by Gasteiger charge is 2.23. The highest BCUT2D eigenvalue weighted by Crippen LogP contribution is 2.29. The van der Waals surface area contributed by atoms with Gasteiger partial charge in [0.15, 0.2) is 11.5 Å². The molecule has 4 rings (SSSR count). The number of amides is 1. The molecule has 0 aliphatic carbocycles. The van der Waals surface area contributed by atoms with Gasteiger partial charge < -0.3 is 25.0 Å². The molecule has 2 N–H and O–H groups in total. The van der Waals surface area contributed by atoms with Gasteiger partial charge in [-0.25, -0.2) is 9.97 Å². The summed E-state index contributed by atoms with van der Waals surface area (Å²) in [6, 6.07) is 15.1. The minimum Gasteiger partial charge on any atom is -0.493 e. The number of anilines is 4. The Morgan fingerprint density at radius 1 is 1.03 bits per heavy atom. The molecule has 32 heavy (non-hydrogen) atoms. The predicted molar refractivity (Wildman–Crippen MR) is 123 cm³/mol. The van der Waals surface area contributed by atoms with Crippen molar-refractivity contribution in [3.8, 4) is 11.5 Å². The van der Waals surface area contributed by atoms with Crippen LogP contribution in [0.3, 0.4) is 0 Å². The zero-order valence-corrected chi connectivity index (χ0v) is 18.1. The predicted octanol–water partition coefficient (Wildman–Crippen LogP) is 3.63. The second-order valence-corrected chi connectivity index (χ2v) is 7.45. The molecular formula is C23H26N6O3. The number of nitrogens with one attached hydrogen (secondary N) is 2. The summed E-state index contributed by atoms with van der Waals surface area (Å²) in [4.78, 5) is 26.5. The van der Waals surface area contributed by atoms with E-state index >= 15 is 0 Å². The highest BCUT2D eigenvalue weighted by atomic mass is 16.5. The van der Waals surface area contributed by atoms with E-state index in [1.165, 1.54) is 13.3 Å². The van der Waals surface area contributed by atoms with E-state index in [9.17, 15) is 4.79 Å². The molecule has 9 heteroatoms. The first-order valence-corrected chi connectivity index (χ1v) is 10.5. The molecule has 0 bridgehead atoms. The van der Waals surface area contributed by atoms with Gasteiger partial charge in [0.1, 0.15) is 12.4 Å². The minimum absolute atomic E-state index is 0.110. The normalized spacial score (nSPS) is 14.0. The van der Waals surface area contributed by atoms with E-state index in [-0.39, 0.29) is 12.0 Å². The largest absolute Gasteiger partial charge is 0.493 e. The fraction of sp³-hybridized carbons (Fsp3) is 0.304. The van der Waals surface area contributed by atoms with E-state index in [1.807, 2.05) is 48.5 Å². The van der Waals surface area contributed by atoms with Crippen LogP contribution in [0.15, 0.2) is 54.9 Å². The van der Waals surface area contributed by atoms with Gasteiger partial charge in [0.05, 0.1) is 7.11 Å². The molecule has 1 aliphatic rings. The molecule has 0 unspecified atom stereocenters. The van der Waals surface area contributed by atoms with Gasteiger partial charge in [-0.2, -0.15) is 4.98 Å². The minimum atomic E-state index is -0.123. The number of para-hydroxylation sites is 2. The molecule has 1 aromatic heterocycles. The molecular weight excluding hydrogens is 408 g/mol. The van der Waals surface area contributed by atoms with Gasteiger partial charge in [0.25, 0.3) is 0 Å². The van der Waals surface area contributed by atoms with E-state index in [0.29, 0.717) is 17.6 Å². The van der Waals surface area contributed by atoms with E-state index in [1.54, 1.807) is 7.11 Å². The first-order valence-electron chi connectivity index (χ1n) is 10.5. The quantitative estimate of drug-likeness (QED) is 0.581. The summed E-state index contributed by atoms with van der Waals surface area (Å²) in [5.74, 6) is 2.45. The SMILES string of the molecule is COc1ccccc1OC1CCN(c2ncnc(Nc3cccc(NC(C)=O)c3)n2)CC1. The summed E-state index contributed by atoms with van der Waals surface area (Å²) in [6.45, 7) is 3.03. The van der Waals surface area contributed by atoms with Crippen LogP contribution < -0.4 is 25.0 Å². The standard InChI is InChI=1S/C23H26N6O3/c1-16(30)26-17-6-5-7-18(14-17)27-22-24-15-25-23(28-22)29-12-10-19(11-13-29)32-21-9-4-3-8-20(21)31-2/h3-9,14-15,19H,10-13H2,1-2H3,(H,26,30)(H,24,25,27,28). The number of rotatable bonds is 7. The fourth-order valence-corrected chi connectivity index (χ4v) is 3.58. The van der Waals surface area contributed by atoms with Crippen molar-refractivity contribution >= 4 is 29.2 Å². The molecule has 1 saturated heterocycles. The number of hydrogen-bond donors (Lipinski definition) is 2. The van der Waals surface area contributed by atoms with E-state index in [0.717, 1.165) is 43.1 Å². The molecule has 0 atom stereocenters. The number of benzene rings is 2. The van der Waals surface area contributed by atoms with Crippen LogP contribution in [0.1, 0.15) is 19.8 Å². The summed E-state index contributed by atoms with van der Waals surface area (Å²) in [5.41, 5.74) is 1.48. The van der Waals surface area contributed by atoms with Crippen molar-refractivity contribution in [3.05, 3.63) is 54.9 Å². The summed E-state index contributed by atoms with van der Waals surface area (Å²) in [6.07, 6.45) is 3.31. The topological polar surface area (TPSA) is 102 Å². The number of aromatic nitrogens is 3. The maximum atomic E-state index is 11.3. The maximum Gasteiger partial charge on any atom is 0.231 e. The molecule has 2 aromatic carbocycles. The average molecular weight is 435 g/mol. The third-order valence-corrected chi connectivity index (χ3v) is 5.09. The number of ether oxygens (including phenoxy) is 2. The lowest BCUT2D eigenvalue weighted by atomic mass is 10.1. The number of hydrogen-bond acceptors (Lipinski definition) is 8. The van der Waals surface area contributed by atoms with Crippen LogP contribution in [0.4, 0.5) is 23.3 Å². The van der Waals surface area contributed by atoms with Crippen molar-refractivity contribution in [2.45, 2.75) is 25.9 Å². The van der Waals surface area contributed by atoms with Gasteiger partial charge in [0.2, 0.25) is 17.8 Å². The summed E-state index contributed by atoms with van der Waals surface area (Å²) in [7, 11) is 1.65. The third-order valence-electron chi connectivity index (χ3n) is 5.09. The van der Waals surface area contributed by atoms with Crippen molar-refractivity contribution in [3.63, 3.8) is 0 Å². The van der Waals surface area contributed by atoms with Crippen LogP contribution >= 0.6 is 0 Å².